The standard InChI is InChI=1S/C10H20O2.C8H19N/c1-2-3-4-5-6-7-8-9-10(11)12;1-3-5-7-9-8-6-4-2/h2-9H2,1H3,(H,11,12);9H,3-8H2,1-2H3. The molecule has 128 valence electrons. The Morgan fingerprint density at radius 3 is 1.57 bits per heavy atom. The smallest absolute Gasteiger partial charge is 0.303 e. The first-order chi connectivity index (χ1) is 10.2. The van der Waals surface area contributed by atoms with Crippen molar-refractivity contribution < 1.29 is 9.90 Å². The van der Waals surface area contributed by atoms with Crippen molar-refractivity contribution in [1.29, 1.82) is 0 Å². The lowest BCUT2D eigenvalue weighted by Gasteiger charge is -1.99. The molecule has 0 amide bonds. The summed E-state index contributed by atoms with van der Waals surface area (Å²) >= 11 is 0. The lowest BCUT2D eigenvalue weighted by molar-refractivity contribution is -0.137. The van der Waals surface area contributed by atoms with E-state index in [9.17, 15) is 4.79 Å². The highest BCUT2D eigenvalue weighted by atomic mass is 16.4. The molecule has 0 bridgehead atoms. The van der Waals surface area contributed by atoms with Crippen LogP contribution in [0.1, 0.15) is 97.8 Å². The van der Waals surface area contributed by atoms with E-state index in [0.29, 0.717) is 6.42 Å². The molecule has 0 aliphatic heterocycles. The molecule has 0 saturated heterocycles. The van der Waals surface area contributed by atoms with E-state index >= 15 is 0 Å². The molecule has 3 nitrogen and oxygen atoms in total. The van der Waals surface area contributed by atoms with E-state index in [-0.39, 0.29) is 0 Å². The van der Waals surface area contributed by atoms with Crippen LogP contribution in [0.5, 0.6) is 0 Å². The monoisotopic (exact) mass is 301 g/mol. The molecule has 0 fully saturated rings. The van der Waals surface area contributed by atoms with Gasteiger partial charge in [-0.2, -0.15) is 0 Å². The number of carbonyl (C=O) groups is 1. The highest BCUT2D eigenvalue weighted by molar-refractivity contribution is 5.66. The lowest BCUT2D eigenvalue weighted by atomic mass is 10.1. The maximum absolute atomic E-state index is 10.1. The normalized spacial score (nSPS) is 10.0. The van der Waals surface area contributed by atoms with E-state index < -0.39 is 5.97 Å². The zero-order chi connectivity index (χ0) is 16.2. The Labute approximate surface area is 132 Å². The number of unbranched alkanes of at least 4 members (excludes halogenated alkanes) is 8. The summed E-state index contributed by atoms with van der Waals surface area (Å²) in [5.74, 6) is -0.663. The summed E-state index contributed by atoms with van der Waals surface area (Å²) in [4.78, 5) is 10.1. The summed E-state index contributed by atoms with van der Waals surface area (Å²) in [6.45, 7) is 9.06. The van der Waals surface area contributed by atoms with Crippen molar-refractivity contribution in [3.05, 3.63) is 0 Å². The average molecular weight is 302 g/mol. The molecule has 2 N–H and O–H groups in total. The Kier molecular flexibility index (Phi) is 23.5. The second-order valence-corrected chi connectivity index (χ2v) is 5.72. The highest BCUT2D eigenvalue weighted by Gasteiger charge is 1.95. The lowest BCUT2D eigenvalue weighted by Crippen LogP contribution is -2.15. The van der Waals surface area contributed by atoms with Gasteiger partial charge in [0.05, 0.1) is 0 Å². The van der Waals surface area contributed by atoms with Crippen molar-refractivity contribution in [3.8, 4) is 0 Å². The Hall–Kier alpha value is -0.570. The summed E-state index contributed by atoms with van der Waals surface area (Å²) in [5, 5.41) is 11.7. The molecule has 0 aromatic heterocycles. The zero-order valence-electron chi connectivity index (χ0n) is 14.8. The fourth-order valence-electron chi connectivity index (χ4n) is 1.96. The molecular weight excluding hydrogens is 262 g/mol. The Morgan fingerprint density at radius 2 is 1.14 bits per heavy atom. The van der Waals surface area contributed by atoms with Crippen LogP contribution in [0.3, 0.4) is 0 Å². The molecule has 0 aliphatic rings. The fourth-order valence-corrected chi connectivity index (χ4v) is 1.96. The van der Waals surface area contributed by atoms with Gasteiger partial charge >= 0.3 is 5.97 Å². The van der Waals surface area contributed by atoms with Gasteiger partial charge in [0.15, 0.2) is 0 Å². The molecule has 0 spiro atoms. The SMILES string of the molecule is CCCCCCCCCC(=O)O.CCCCNCCCC. The number of hydrogen-bond donors (Lipinski definition) is 2. The third-order valence-corrected chi connectivity index (χ3v) is 3.41. The van der Waals surface area contributed by atoms with E-state index in [1.54, 1.807) is 0 Å². The molecule has 0 rings (SSSR count). The quantitative estimate of drug-likeness (QED) is 0.423. The third-order valence-electron chi connectivity index (χ3n) is 3.41. The van der Waals surface area contributed by atoms with Crippen molar-refractivity contribution in [2.45, 2.75) is 97.8 Å². The zero-order valence-corrected chi connectivity index (χ0v) is 14.8. The fraction of sp³-hybridized carbons (Fsp3) is 0.944. The second kappa shape index (κ2) is 21.7. The molecule has 0 aromatic carbocycles. The van der Waals surface area contributed by atoms with Crippen LogP contribution in [-0.4, -0.2) is 24.2 Å². The van der Waals surface area contributed by atoms with Crippen LogP contribution in [-0.2, 0) is 4.79 Å². The first-order valence-corrected chi connectivity index (χ1v) is 9.11. The van der Waals surface area contributed by atoms with E-state index in [4.69, 9.17) is 5.11 Å². The van der Waals surface area contributed by atoms with Gasteiger partial charge < -0.3 is 10.4 Å². The number of hydrogen-bond acceptors (Lipinski definition) is 2. The first kappa shape index (κ1) is 22.7. The van der Waals surface area contributed by atoms with Crippen LogP contribution >= 0.6 is 0 Å². The van der Waals surface area contributed by atoms with E-state index in [1.165, 1.54) is 70.9 Å². The molecular formula is C18H39NO2. The van der Waals surface area contributed by atoms with Crippen LogP contribution in [0.2, 0.25) is 0 Å². The Bertz CT molecular complexity index is 190. The van der Waals surface area contributed by atoms with Gasteiger partial charge in [-0.15, -0.1) is 0 Å². The molecule has 0 atom stereocenters. The van der Waals surface area contributed by atoms with Gasteiger partial charge in [0.1, 0.15) is 0 Å². The molecule has 0 heterocycles. The predicted molar refractivity (Wildman–Crippen MR) is 92.9 cm³/mol. The first-order valence-electron chi connectivity index (χ1n) is 9.11. The number of carboxylic acids is 1. The van der Waals surface area contributed by atoms with Crippen LogP contribution < -0.4 is 5.32 Å². The van der Waals surface area contributed by atoms with Gasteiger partial charge in [-0.1, -0.05) is 72.1 Å². The Balaban J connectivity index is 0. The van der Waals surface area contributed by atoms with Crippen LogP contribution in [0.4, 0.5) is 0 Å². The summed E-state index contributed by atoms with van der Waals surface area (Å²) in [6, 6.07) is 0. The topological polar surface area (TPSA) is 49.3 Å². The summed E-state index contributed by atoms with van der Waals surface area (Å²) in [6.07, 6.45) is 13.9. The third kappa shape index (κ3) is 28.3. The maximum Gasteiger partial charge on any atom is 0.303 e. The minimum atomic E-state index is -0.663. The van der Waals surface area contributed by atoms with Crippen molar-refractivity contribution in [1.82, 2.24) is 5.32 Å². The minimum absolute atomic E-state index is 0.341. The predicted octanol–water partition coefficient (Wildman–Crippen LogP) is 5.39. The van der Waals surface area contributed by atoms with Crippen LogP contribution in [0.15, 0.2) is 0 Å². The van der Waals surface area contributed by atoms with Crippen molar-refractivity contribution in [2.24, 2.45) is 0 Å². The molecule has 0 saturated carbocycles. The van der Waals surface area contributed by atoms with Gasteiger partial charge in [0.2, 0.25) is 0 Å². The molecule has 21 heavy (non-hydrogen) atoms. The maximum atomic E-state index is 10.1. The van der Waals surface area contributed by atoms with Gasteiger partial charge in [-0.25, -0.2) is 0 Å². The van der Waals surface area contributed by atoms with Gasteiger partial charge in [0.25, 0.3) is 0 Å². The van der Waals surface area contributed by atoms with E-state index in [1.807, 2.05) is 0 Å². The summed E-state index contributed by atoms with van der Waals surface area (Å²) in [7, 11) is 0. The van der Waals surface area contributed by atoms with Gasteiger partial charge in [0, 0.05) is 6.42 Å². The molecule has 3 heteroatoms. The second-order valence-electron chi connectivity index (χ2n) is 5.72. The molecule has 0 radical (unpaired) electrons. The average Bonchev–Trinajstić information content (AvgIpc) is 2.47. The van der Waals surface area contributed by atoms with E-state index in [0.717, 1.165) is 12.8 Å². The van der Waals surface area contributed by atoms with Gasteiger partial charge in [-0.05, 0) is 32.4 Å². The Morgan fingerprint density at radius 1 is 0.714 bits per heavy atom. The molecule has 0 unspecified atom stereocenters. The number of aliphatic carboxylic acids is 1. The van der Waals surface area contributed by atoms with Crippen LogP contribution in [0, 0.1) is 0 Å². The van der Waals surface area contributed by atoms with Crippen LogP contribution in [0.25, 0.3) is 0 Å². The number of nitrogens with one attached hydrogen (secondary N) is 1. The summed E-state index contributed by atoms with van der Waals surface area (Å²) < 4.78 is 0. The van der Waals surface area contributed by atoms with Crippen molar-refractivity contribution in [3.63, 3.8) is 0 Å². The van der Waals surface area contributed by atoms with Crippen molar-refractivity contribution in [2.75, 3.05) is 13.1 Å². The van der Waals surface area contributed by atoms with Gasteiger partial charge in [-0.3, -0.25) is 4.79 Å². The minimum Gasteiger partial charge on any atom is -0.481 e. The van der Waals surface area contributed by atoms with Crippen molar-refractivity contribution >= 4 is 5.97 Å². The summed E-state index contributed by atoms with van der Waals surface area (Å²) in [5.41, 5.74) is 0. The highest BCUT2D eigenvalue weighted by Crippen LogP contribution is 2.07. The largest absolute Gasteiger partial charge is 0.481 e. The molecule has 0 aromatic rings. The number of rotatable bonds is 14. The van der Waals surface area contributed by atoms with E-state index in [2.05, 4.69) is 26.1 Å². The number of carboxylic acid groups (broad SMARTS) is 1. The molecule has 0 aliphatic carbocycles.